The Hall–Kier alpha value is -1.23. The maximum Gasteiger partial charge on any atom is 0.377 e. The third-order valence-corrected chi connectivity index (χ3v) is 1.31. The zero-order valence-electron chi connectivity index (χ0n) is 5.90. The van der Waals surface area contributed by atoms with Crippen molar-refractivity contribution in [2.24, 2.45) is 0 Å². The Balaban J connectivity index is 2.69. The van der Waals surface area contributed by atoms with Crippen molar-refractivity contribution in [1.82, 2.24) is 0 Å². The number of hydrogen-bond acceptors (Lipinski definition) is 5. The maximum absolute atomic E-state index is 10.5. The van der Waals surface area contributed by atoms with E-state index in [-0.39, 0.29) is 6.61 Å². The first-order chi connectivity index (χ1) is 5.16. The predicted octanol–water partition coefficient (Wildman–Crippen LogP) is -0.114. The van der Waals surface area contributed by atoms with Crippen LogP contribution in [0, 0.1) is 0 Å². The van der Waals surface area contributed by atoms with Gasteiger partial charge in [0.25, 0.3) is 0 Å². The molecular formula is C6H8O5. The number of aliphatic hydroxyl groups excluding tert-OH is 2. The number of ether oxygens (including phenoxy) is 2. The summed E-state index contributed by atoms with van der Waals surface area (Å²) in [5.41, 5.74) is 0. The Morgan fingerprint density at radius 1 is 1.64 bits per heavy atom. The van der Waals surface area contributed by atoms with Gasteiger partial charge in [-0.1, -0.05) is 0 Å². The zero-order valence-corrected chi connectivity index (χ0v) is 5.90. The molecule has 62 valence electrons. The van der Waals surface area contributed by atoms with Crippen LogP contribution in [-0.4, -0.2) is 36.0 Å². The summed E-state index contributed by atoms with van der Waals surface area (Å²) in [5.74, 6) is -2.10. The van der Waals surface area contributed by atoms with E-state index >= 15 is 0 Å². The Bertz CT molecular complexity index is 207. The summed E-state index contributed by atoms with van der Waals surface area (Å²) in [6.07, 6.45) is -0.854. The van der Waals surface area contributed by atoms with Gasteiger partial charge >= 0.3 is 5.97 Å². The topological polar surface area (TPSA) is 76.0 Å². The number of esters is 1. The van der Waals surface area contributed by atoms with Crippen LogP contribution < -0.4 is 0 Å². The van der Waals surface area contributed by atoms with Crippen molar-refractivity contribution in [2.75, 3.05) is 13.7 Å². The van der Waals surface area contributed by atoms with Crippen LogP contribution >= 0.6 is 0 Å². The average Bonchev–Trinajstić information content (AvgIpc) is 2.19. The van der Waals surface area contributed by atoms with E-state index in [0.29, 0.717) is 0 Å². The van der Waals surface area contributed by atoms with Gasteiger partial charge < -0.3 is 19.7 Å². The number of carbonyl (C=O) groups is 1. The van der Waals surface area contributed by atoms with Crippen LogP contribution in [0.4, 0.5) is 0 Å². The molecule has 2 N–H and O–H groups in total. The molecule has 1 aliphatic rings. The fourth-order valence-electron chi connectivity index (χ4n) is 0.762. The lowest BCUT2D eigenvalue weighted by atomic mass is 10.3. The van der Waals surface area contributed by atoms with Crippen LogP contribution in [0.3, 0.4) is 0 Å². The molecule has 1 heterocycles. The number of methoxy groups -OCH3 is 1. The van der Waals surface area contributed by atoms with Crippen molar-refractivity contribution >= 4 is 5.97 Å². The molecule has 1 unspecified atom stereocenters. The van der Waals surface area contributed by atoms with Crippen molar-refractivity contribution in [3.05, 3.63) is 11.5 Å². The predicted molar refractivity (Wildman–Crippen MR) is 34.0 cm³/mol. The molecule has 0 amide bonds. The van der Waals surface area contributed by atoms with E-state index in [9.17, 15) is 4.79 Å². The lowest BCUT2D eigenvalue weighted by Crippen LogP contribution is -2.17. The van der Waals surface area contributed by atoms with E-state index in [1.54, 1.807) is 0 Å². The van der Waals surface area contributed by atoms with Gasteiger partial charge in [0.1, 0.15) is 0 Å². The van der Waals surface area contributed by atoms with Gasteiger partial charge in [-0.05, 0) is 0 Å². The summed E-state index contributed by atoms with van der Waals surface area (Å²) in [6, 6.07) is 0. The highest BCUT2D eigenvalue weighted by Gasteiger charge is 2.33. The Morgan fingerprint density at radius 3 is 2.64 bits per heavy atom. The van der Waals surface area contributed by atoms with Crippen LogP contribution in [0.1, 0.15) is 0 Å². The maximum atomic E-state index is 10.5. The molecule has 0 fully saturated rings. The van der Waals surface area contributed by atoms with Crippen LogP contribution in [-0.2, 0) is 14.3 Å². The number of cyclic esters (lactones) is 1. The van der Waals surface area contributed by atoms with E-state index in [1.165, 1.54) is 7.11 Å². The van der Waals surface area contributed by atoms with Crippen molar-refractivity contribution in [3.8, 4) is 0 Å². The number of carbonyl (C=O) groups excluding carboxylic acids is 1. The molecule has 0 bridgehead atoms. The van der Waals surface area contributed by atoms with Crippen LogP contribution in [0.15, 0.2) is 11.5 Å². The SMILES string of the molecule is COCC1OC(=O)C(O)=C1O. The molecule has 0 saturated carbocycles. The summed E-state index contributed by atoms with van der Waals surface area (Å²) in [4.78, 5) is 10.5. The number of hydrogen-bond donors (Lipinski definition) is 2. The molecule has 0 aliphatic carbocycles. The van der Waals surface area contributed by atoms with Crippen LogP contribution in [0.2, 0.25) is 0 Å². The van der Waals surface area contributed by atoms with E-state index in [2.05, 4.69) is 9.47 Å². The highest BCUT2D eigenvalue weighted by molar-refractivity contribution is 5.88. The third-order valence-electron chi connectivity index (χ3n) is 1.31. The van der Waals surface area contributed by atoms with Crippen molar-refractivity contribution in [1.29, 1.82) is 0 Å². The second kappa shape index (κ2) is 2.79. The van der Waals surface area contributed by atoms with E-state index < -0.39 is 23.6 Å². The standard InChI is InChI=1S/C6H8O5/c1-10-2-3-4(7)5(8)6(9)11-3/h3,7-8H,2H2,1H3. The minimum Gasteiger partial charge on any atom is -0.505 e. The summed E-state index contributed by atoms with van der Waals surface area (Å²) < 4.78 is 9.10. The first kappa shape index (κ1) is 7.87. The quantitative estimate of drug-likeness (QED) is 0.551. The van der Waals surface area contributed by atoms with Gasteiger partial charge in [0.05, 0.1) is 6.61 Å². The fraction of sp³-hybridized carbons (Fsp3) is 0.500. The summed E-state index contributed by atoms with van der Waals surface area (Å²) in [6.45, 7) is 0.0433. The van der Waals surface area contributed by atoms with Gasteiger partial charge in [-0.3, -0.25) is 0 Å². The highest BCUT2D eigenvalue weighted by Crippen LogP contribution is 2.18. The Labute approximate surface area is 62.8 Å². The second-order valence-corrected chi connectivity index (χ2v) is 2.08. The minimum absolute atomic E-state index is 0.0433. The Kier molecular flexibility index (Phi) is 2.00. The first-order valence-corrected chi connectivity index (χ1v) is 2.99. The van der Waals surface area contributed by atoms with Crippen molar-refractivity contribution in [3.63, 3.8) is 0 Å². The molecule has 0 aromatic heterocycles. The molecule has 5 heteroatoms. The lowest BCUT2D eigenvalue weighted by Gasteiger charge is -2.06. The second-order valence-electron chi connectivity index (χ2n) is 2.08. The molecule has 5 nitrogen and oxygen atoms in total. The molecule has 11 heavy (non-hydrogen) atoms. The average molecular weight is 160 g/mol. The first-order valence-electron chi connectivity index (χ1n) is 2.99. The largest absolute Gasteiger partial charge is 0.505 e. The molecular weight excluding hydrogens is 152 g/mol. The van der Waals surface area contributed by atoms with Crippen molar-refractivity contribution < 1.29 is 24.5 Å². The molecule has 0 radical (unpaired) electrons. The van der Waals surface area contributed by atoms with Crippen LogP contribution in [0.25, 0.3) is 0 Å². The monoisotopic (exact) mass is 160 g/mol. The normalized spacial score (nSPS) is 24.1. The molecule has 0 saturated heterocycles. The fourth-order valence-corrected chi connectivity index (χ4v) is 0.762. The van der Waals surface area contributed by atoms with E-state index in [4.69, 9.17) is 10.2 Å². The minimum atomic E-state index is -0.912. The van der Waals surface area contributed by atoms with E-state index in [1.807, 2.05) is 0 Å². The summed E-state index contributed by atoms with van der Waals surface area (Å²) >= 11 is 0. The molecule has 1 rings (SSSR count). The number of aliphatic hydroxyl groups is 2. The highest BCUT2D eigenvalue weighted by atomic mass is 16.6. The molecule has 1 aliphatic heterocycles. The molecule has 0 aromatic carbocycles. The van der Waals surface area contributed by atoms with Crippen LogP contribution in [0.5, 0.6) is 0 Å². The van der Waals surface area contributed by atoms with Gasteiger partial charge in [-0.15, -0.1) is 0 Å². The molecule has 1 atom stereocenters. The summed E-state index contributed by atoms with van der Waals surface area (Å²) in [7, 11) is 1.40. The van der Waals surface area contributed by atoms with Gasteiger partial charge in [-0.25, -0.2) is 4.79 Å². The summed E-state index contributed by atoms with van der Waals surface area (Å²) in [5, 5.41) is 17.7. The lowest BCUT2D eigenvalue weighted by molar-refractivity contribution is -0.144. The molecule has 0 aromatic rings. The third kappa shape index (κ3) is 1.27. The van der Waals surface area contributed by atoms with Crippen molar-refractivity contribution in [2.45, 2.75) is 6.10 Å². The van der Waals surface area contributed by atoms with Gasteiger partial charge in [-0.2, -0.15) is 0 Å². The van der Waals surface area contributed by atoms with Gasteiger partial charge in [0, 0.05) is 7.11 Å². The Morgan fingerprint density at radius 2 is 2.27 bits per heavy atom. The van der Waals surface area contributed by atoms with Gasteiger partial charge in [0.15, 0.2) is 11.9 Å². The van der Waals surface area contributed by atoms with Gasteiger partial charge in [0.2, 0.25) is 5.76 Å². The number of rotatable bonds is 2. The van der Waals surface area contributed by atoms with E-state index in [0.717, 1.165) is 0 Å². The smallest absolute Gasteiger partial charge is 0.377 e. The zero-order chi connectivity index (χ0) is 8.43. The molecule has 0 spiro atoms.